The molecule has 11 nitrogen and oxygen atoms in total. The van der Waals surface area contributed by atoms with Crippen LogP contribution in [-0.4, -0.2) is 83.8 Å². The summed E-state index contributed by atoms with van der Waals surface area (Å²) in [6.07, 6.45) is 2.76. The van der Waals surface area contributed by atoms with Crippen LogP contribution < -0.4 is 10.1 Å². The number of aryl methyl sites for hydroxylation is 2. The second kappa shape index (κ2) is 11.9. The maximum atomic E-state index is 13.4. The summed E-state index contributed by atoms with van der Waals surface area (Å²) in [6.45, 7) is 6.43. The van der Waals surface area contributed by atoms with Gasteiger partial charge < -0.3 is 29.0 Å². The number of fused-ring (bicyclic) bond motifs is 5. The van der Waals surface area contributed by atoms with Gasteiger partial charge in [-0.25, -0.2) is 0 Å². The second-order valence-corrected chi connectivity index (χ2v) is 9.90. The first-order valence-corrected chi connectivity index (χ1v) is 12.9. The molecule has 2 amide bonds. The van der Waals surface area contributed by atoms with E-state index in [0.717, 1.165) is 22.6 Å². The van der Waals surface area contributed by atoms with Crippen molar-refractivity contribution < 1.29 is 28.3 Å². The predicted molar refractivity (Wildman–Crippen MR) is 140 cm³/mol. The van der Waals surface area contributed by atoms with Gasteiger partial charge in [-0.1, -0.05) is 17.3 Å². The number of carbonyl (C=O) groups excluding carboxylic acids is 2. The Balaban J connectivity index is 1.42. The Morgan fingerprint density at radius 2 is 2.00 bits per heavy atom. The number of likely N-dealkylation sites (tertiary alicyclic amines) is 1. The fourth-order valence-electron chi connectivity index (χ4n) is 4.93. The van der Waals surface area contributed by atoms with Crippen molar-refractivity contribution in [3.8, 4) is 11.5 Å². The number of ether oxygens (including phenoxy) is 3. The summed E-state index contributed by atoms with van der Waals surface area (Å²) in [5.74, 6) is 1.22. The van der Waals surface area contributed by atoms with Gasteiger partial charge in [-0.2, -0.15) is 0 Å². The largest absolute Gasteiger partial charge is 0.456 e. The second-order valence-electron chi connectivity index (χ2n) is 9.90. The van der Waals surface area contributed by atoms with E-state index in [1.165, 1.54) is 11.1 Å². The first-order chi connectivity index (χ1) is 18.9. The minimum Gasteiger partial charge on any atom is -0.456 e. The number of nitrogens with one attached hydrogen (secondary N) is 1. The summed E-state index contributed by atoms with van der Waals surface area (Å²) >= 11 is 0. The standard InChI is InChI=1S/C28H33N5O6/c1-18-24(19(2)39-31-18)13-32-14-25-26(15-32)37-17-20-5-4-6-22(9-20)38-23-10-21(11-29-12-23)28(35)33(7-8-36-3)16-27(34)30-25/h4-6,9-12,25-26H,7-8,13-17H2,1-3H3,(H,30,34)/t25-,26-/m0/s1. The van der Waals surface area contributed by atoms with Crippen LogP contribution in [0.15, 0.2) is 47.2 Å². The Morgan fingerprint density at radius 1 is 1.13 bits per heavy atom. The number of hydrogen-bond donors (Lipinski definition) is 1. The van der Waals surface area contributed by atoms with Gasteiger partial charge >= 0.3 is 0 Å². The van der Waals surface area contributed by atoms with Crippen molar-refractivity contribution in [2.24, 2.45) is 0 Å². The molecule has 2 atom stereocenters. The monoisotopic (exact) mass is 535 g/mol. The molecule has 0 radical (unpaired) electrons. The molecule has 3 aromatic rings. The summed E-state index contributed by atoms with van der Waals surface area (Å²) in [5, 5.41) is 7.19. The zero-order valence-electron chi connectivity index (χ0n) is 22.4. The molecule has 1 saturated heterocycles. The first-order valence-electron chi connectivity index (χ1n) is 12.9. The van der Waals surface area contributed by atoms with E-state index in [9.17, 15) is 9.59 Å². The van der Waals surface area contributed by atoms with E-state index < -0.39 is 0 Å². The lowest BCUT2D eigenvalue weighted by atomic mass is 10.2. The molecule has 2 aliphatic heterocycles. The number of rotatable bonds is 5. The van der Waals surface area contributed by atoms with Crippen molar-refractivity contribution in [2.75, 3.05) is 39.9 Å². The van der Waals surface area contributed by atoms with Crippen molar-refractivity contribution in [3.05, 3.63) is 70.9 Å². The molecule has 1 fully saturated rings. The zero-order valence-corrected chi connectivity index (χ0v) is 22.4. The van der Waals surface area contributed by atoms with E-state index in [4.69, 9.17) is 18.7 Å². The molecule has 5 rings (SSSR count). The molecule has 1 aromatic carbocycles. The fraction of sp³-hybridized carbons (Fsp3) is 0.429. The molecule has 4 heterocycles. The van der Waals surface area contributed by atoms with Gasteiger partial charge in [-0.3, -0.25) is 19.5 Å². The quantitative estimate of drug-likeness (QED) is 0.525. The van der Waals surface area contributed by atoms with Crippen LogP contribution in [0.2, 0.25) is 0 Å². The van der Waals surface area contributed by atoms with Gasteiger partial charge in [0, 0.05) is 45.0 Å². The highest BCUT2D eigenvalue weighted by molar-refractivity contribution is 5.96. The van der Waals surface area contributed by atoms with E-state index in [0.29, 0.717) is 43.3 Å². The fourth-order valence-corrected chi connectivity index (χ4v) is 4.93. The van der Waals surface area contributed by atoms with Crippen molar-refractivity contribution in [1.82, 2.24) is 25.3 Å². The van der Waals surface area contributed by atoms with Crippen molar-refractivity contribution >= 4 is 11.8 Å². The molecule has 0 saturated carbocycles. The van der Waals surface area contributed by atoms with E-state index >= 15 is 0 Å². The molecular weight excluding hydrogens is 502 g/mol. The van der Waals surface area contributed by atoms with Gasteiger partial charge in [0.2, 0.25) is 5.91 Å². The number of pyridine rings is 1. The van der Waals surface area contributed by atoms with Crippen LogP contribution in [0.5, 0.6) is 11.5 Å². The lowest BCUT2D eigenvalue weighted by molar-refractivity contribution is -0.123. The van der Waals surface area contributed by atoms with Crippen molar-refractivity contribution in [2.45, 2.75) is 39.1 Å². The third-order valence-electron chi connectivity index (χ3n) is 7.00. The molecule has 11 heteroatoms. The maximum absolute atomic E-state index is 13.4. The Bertz CT molecular complexity index is 1310. The summed E-state index contributed by atoms with van der Waals surface area (Å²) in [4.78, 5) is 34.5. The Hall–Kier alpha value is -3.80. The Morgan fingerprint density at radius 3 is 2.79 bits per heavy atom. The van der Waals surface area contributed by atoms with Crippen LogP contribution in [0.1, 0.15) is 32.9 Å². The maximum Gasteiger partial charge on any atom is 0.256 e. The molecule has 0 spiro atoms. The summed E-state index contributed by atoms with van der Waals surface area (Å²) in [6, 6.07) is 8.96. The zero-order chi connectivity index (χ0) is 27.4. The van der Waals surface area contributed by atoms with E-state index in [1.807, 2.05) is 38.1 Å². The Kier molecular flexibility index (Phi) is 8.20. The molecule has 4 bridgehead atoms. The normalized spacial score (nSPS) is 20.4. The van der Waals surface area contributed by atoms with Gasteiger partial charge in [-0.15, -0.1) is 0 Å². The van der Waals surface area contributed by atoms with Crippen molar-refractivity contribution in [1.29, 1.82) is 0 Å². The summed E-state index contributed by atoms with van der Waals surface area (Å²) < 4.78 is 22.9. The summed E-state index contributed by atoms with van der Waals surface area (Å²) in [7, 11) is 1.55. The number of carbonyl (C=O) groups is 2. The highest BCUT2D eigenvalue weighted by atomic mass is 16.5. The van der Waals surface area contributed by atoms with E-state index in [-0.39, 0.29) is 43.7 Å². The molecule has 2 aromatic heterocycles. The van der Waals surface area contributed by atoms with Crippen molar-refractivity contribution in [3.63, 3.8) is 0 Å². The van der Waals surface area contributed by atoms with Gasteiger partial charge in [-0.05, 0) is 37.6 Å². The average Bonchev–Trinajstić information content (AvgIpc) is 3.46. The van der Waals surface area contributed by atoms with E-state index in [2.05, 4.69) is 20.4 Å². The molecule has 0 unspecified atom stereocenters. The summed E-state index contributed by atoms with van der Waals surface area (Å²) in [5.41, 5.74) is 3.15. The number of nitrogens with zero attached hydrogens (tertiary/aromatic N) is 4. The van der Waals surface area contributed by atoms with Gasteiger partial charge in [0.15, 0.2) is 0 Å². The lowest BCUT2D eigenvalue weighted by Gasteiger charge is -2.25. The van der Waals surface area contributed by atoms with Gasteiger partial charge in [0.25, 0.3) is 5.91 Å². The molecule has 2 aliphatic rings. The van der Waals surface area contributed by atoms with Crippen LogP contribution in [0.25, 0.3) is 0 Å². The third-order valence-corrected chi connectivity index (χ3v) is 7.00. The van der Waals surface area contributed by atoms with Crippen LogP contribution >= 0.6 is 0 Å². The number of benzene rings is 1. The minimum absolute atomic E-state index is 0.126. The molecule has 1 N–H and O–H groups in total. The average molecular weight is 536 g/mol. The third kappa shape index (κ3) is 6.44. The number of amides is 2. The van der Waals surface area contributed by atoms with Gasteiger partial charge in [0.1, 0.15) is 17.3 Å². The van der Waals surface area contributed by atoms with Gasteiger partial charge in [0.05, 0.1) is 49.4 Å². The predicted octanol–water partition coefficient (Wildman–Crippen LogP) is 2.47. The lowest BCUT2D eigenvalue weighted by Crippen LogP contribution is -2.49. The minimum atomic E-state index is -0.333. The SMILES string of the molecule is COCCN1CC(=O)N[C@H]2CN(Cc3c(C)noc3C)C[C@@H]2OCc2cccc(c2)Oc2cncc(c2)C1=O. The van der Waals surface area contributed by atoms with Crippen LogP contribution in [-0.2, 0) is 27.4 Å². The van der Waals surface area contributed by atoms with Crippen LogP contribution in [0, 0.1) is 13.8 Å². The molecular formula is C28H33N5O6. The number of aromatic nitrogens is 2. The van der Waals surface area contributed by atoms with Crippen LogP contribution in [0.3, 0.4) is 0 Å². The first kappa shape index (κ1) is 26.8. The highest BCUT2D eigenvalue weighted by Gasteiger charge is 2.36. The molecule has 39 heavy (non-hydrogen) atoms. The number of hydrogen-bond acceptors (Lipinski definition) is 9. The van der Waals surface area contributed by atoms with Crippen LogP contribution in [0.4, 0.5) is 0 Å². The molecule has 206 valence electrons. The number of methoxy groups -OCH3 is 1. The smallest absolute Gasteiger partial charge is 0.256 e. The molecule has 0 aliphatic carbocycles. The van der Waals surface area contributed by atoms with E-state index in [1.54, 1.807) is 19.4 Å². The topological polar surface area (TPSA) is 119 Å². The highest BCUT2D eigenvalue weighted by Crippen LogP contribution is 2.25. The Labute approximate surface area is 227 Å².